The van der Waals surface area contributed by atoms with E-state index in [-0.39, 0.29) is 46.6 Å². The smallest absolute Gasteiger partial charge is 0.408 e. The molecule has 2 aromatic rings. The lowest BCUT2D eigenvalue weighted by molar-refractivity contribution is -0.152. The number of nitrogens with one attached hydrogen (secondary N) is 3. The quantitative estimate of drug-likeness (QED) is 0.205. The van der Waals surface area contributed by atoms with Gasteiger partial charge in [-0.15, -0.1) is 0 Å². The summed E-state index contributed by atoms with van der Waals surface area (Å²) in [6.07, 6.45) is 5.55. The number of allylic oxidation sites excluding steroid dienone is 1. The average molecular weight is 886 g/mol. The molecule has 3 fully saturated rings. The van der Waals surface area contributed by atoms with Gasteiger partial charge in [-0.3, -0.25) is 19.1 Å². The van der Waals surface area contributed by atoms with Gasteiger partial charge in [0.15, 0.2) is 5.60 Å². The number of carbonyl (C=O) groups excluding carboxylic acids is 4. The third-order valence-electron chi connectivity index (χ3n) is 12.6. The summed E-state index contributed by atoms with van der Waals surface area (Å²) in [5.41, 5.74) is -3.90. The second kappa shape index (κ2) is 18.0. The first kappa shape index (κ1) is 47.4. The van der Waals surface area contributed by atoms with Gasteiger partial charge in [0.05, 0.1) is 23.8 Å². The Labute approximate surface area is 360 Å². The Morgan fingerprint density at radius 3 is 2.41 bits per heavy atom. The van der Waals surface area contributed by atoms with E-state index in [0.29, 0.717) is 50.8 Å². The van der Waals surface area contributed by atoms with Gasteiger partial charge in [-0.05, 0) is 82.8 Å². The van der Waals surface area contributed by atoms with Gasteiger partial charge in [0.2, 0.25) is 27.7 Å². The number of hydrogen-bond acceptors (Lipinski definition) is 10. The first-order chi connectivity index (χ1) is 28.6. The summed E-state index contributed by atoms with van der Waals surface area (Å²) in [7, 11) is -2.71. The highest BCUT2D eigenvalue weighted by Gasteiger charge is 2.63. The number of fused-ring (bicyclic) bond motifs is 3. The van der Waals surface area contributed by atoms with Gasteiger partial charge in [-0.25, -0.2) is 31.4 Å². The SMILES string of the molecule is CC.CCC1(S(=O)(=O)NC(=O)[C@@]23C[C@H]2/C=C\CC[C@H](C)C[C@@H](C)[C@H](NC(=O)OC(C)(C)C(C)(F)F)C(=O)N2C[C@H](Oc4nccc5c(OC)cc(F)cc45)C[C@H]2C(=O)N3)CC1.[HH].[HH].[HH]. The Bertz CT molecular complexity index is 2140. The van der Waals surface area contributed by atoms with Gasteiger partial charge in [0, 0.05) is 41.2 Å². The summed E-state index contributed by atoms with van der Waals surface area (Å²) in [6, 6.07) is 1.32. The molecule has 0 spiro atoms. The Morgan fingerprint density at radius 1 is 1.10 bits per heavy atom. The topological polar surface area (TPSA) is 182 Å². The molecule has 1 saturated heterocycles. The molecule has 2 saturated carbocycles. The molecule has 0 bridgehead atoms. The van der Waals surface area contributed by atoms with Crippen LogP contribution in [0.25, 0.3) is 10.8 Å². The van der Waals surface area contributed by atoms with Crippen molar-refractivity contribution in [2.45, 2.75) is 147 Å². The van der Waals surface area contributed by atoms with E-state index in [9.17, 15) is 40.8 Å². The van der Waals surface area contributed by atoms with Crippen molar-refractivity contribution in [3.8, 4) is 11.6 Å². The van der Waals surface area contributed by atoms with Crippen molar-refractivity contribution in [3.05, 3.63) is 42.4 Å². The zero-order chi connectivity index (χ0) is 45.3. The van der Waals surface area contributed by atoms with Crippen molar-refractivity contribution in [1.29, 1.82) is 0 Å². The molecule has 1 aromatic heterocycles. The van der Waals surface area contributed by atoms with Gasteiger partial charge in [-0.2, -0.15) is 0 Å². The summed E-state index contributed by atoms with van der Waals surface area (Å²) >= 11 is 0. The number of benzene rings is 1. The molecule has 4 amide bonds. The van der Waals surface area contributed by atoms with Crippen LogP contribution in [-0.2, 0) is 29.1 Å². The molecule has 2 aliphatic heterocycles. The fourth-order valence-electron chi connectivity index (χ4n) is 8.18. The average Bonchev–Trinajstić information content (AvgIpc) is 4.09. The van der Waals surface area contributed by atoms with Gasteiger partial charge in [0.25, 0.3) is 11.8 Å². The van der Waals surface area contributed by atoms with E-state index >= 15 is 0 Å². The van der Waals surface area contributed by atoms with Gasteiger partial charge < -0.3 is 29.7 Å². The number of methoxy groups -OCH3 is 1. The molecule has 4 aliphatic rings. The van der Waals surface area contributed by atoms with E-state index in [1.807, 2.05) is 26.8 Å². The Morgan fingerprint density at radius 2 is 1.79 bits per heavy atom. The van der Waals surface area contributed by atoms with Crippen LogP contribution in [0.1, 0.15) is 111 Å². The monoisotopic (exact) mass is 885 g/mol. The van der Waals surface area contributed by atoms with Crippen molar-refractivity contribution < 1.29 is 59.3 Å². The van der Waals surface area contributed by atoms with Crippen LogP contribution in [0.5, 0.6) is 11.6 Å². The molecular formula is C43H66F3N5O9S. The molecule has 61 heavy (non-hydrogen) atoms. The highest BCUT2D eigenvalue weighted by molar-refractivity contribution is 7.91. The van der Waals surface area contributed by atoms with E-state index in [0.717, 1.165) is 13.8 Å². The molecule has 2 aliphatic carbocycles. The third kappa shape index (κ3) is 9.88. The Hall–Kier alpha value is -4.61. The number of rotatable bonds is 10. The Balaban J connectivity index is 0.00000278. The molecule has 0 radical (unpaired) electrons. The number of ether oxygens (including phenoxy) is 3. The van der Waals surface area contributed by atoms with Crippen LogP contribution in [-0.4, -0.2) is 95.8 Å². The molecule has 7 atom stereocenters. The molecule has 1 aromatic carbocycles. The maximum Gasteiger partial charge on any atom is 0.408 e. The minimum atomic E-state index is -4.09. The zero-order valence-electron chi connectivity index (χ0n) is 36.4. The number of aromatic nitrogens is 1. The van der Waals surface area contributed by atoms with E-state index < -0.39 is 91.5 Å². The second-order valence-electron chi connectivity index (χ2n) is 17.3. The molecule has 6 rings (SSSR count). The standard InChI is InChI=1S/C41H54F3N5O9S.C2H6.3H2/c1-8-40(14-15-40)59(54,55)48-36(52)41-21-25(41)12-10-9-11-23(2)17-24(3)32(46-37(53)58-38(4,5)39(6,43)44)35(51)49-22-27(20-30(49)33(50)47-41)57-34-29-18-26(42)19-31(56-7)28(29)13-16-45-34;1-2;;;/h10,12-13,16,18-19,23-25,27,30,32H,8-9,11,14-15,17,20-22H2,1-7H3,(H,46,53)(H,47,50)(H,48,52);1-2H3;3*1H/b12-10-;;;;/t23-,24+,25+,27+,30-,32-,41+;;;;/m0..../s1. The van der Waals surface area contributed by atoms with Crippen molar-refractivity contribution in [2.75, 3.05) is 13.7 Å². The molecule has 344 valence electrons. The van der Waals surface area contributed by atoms with Crippen LogP contribution in [0.4, 0.5) is 18.0 Å². The lowest BCUT2D eigenvalue weighted by atomic mass is 9.88. The van der Waals surface area contributed by atoms with Gasteiger partial charge in [0.1, 0.15) is 35.3 Å². The maximum absolute atomic E-state index is 14.8. The van der Waals surface area contributed by atoms with E-state index in [1.165, 1.54) is 30.3 Å². The minimum absolute atomic E-state index is 0. The number of alkyl halides is 2. The summed E-state index contributed by atoms with van der Waals surface area (Å²) in [5, 5.41) is 6.07. The van der Waals surface area contributed by atoms with Crippen LogP contribution in [0.2, 0.25) is 0 Å². The number of carbonyl (C=O) groups is 4. The Kier molecular flexibility index (Phi) is 14.0. The van der Waals surface area contributed by atoms with Crippen molar-refractivity contribution >= 4 is 44.6 Å². The number of alkyl carbamates (subject to hydrolysis) is 1. The van der Waals surface area contributed by atoms with Crippen LogP contribution in [0, 0.1) is 23.6 Å². The minimum Gasteiger partial charge on any atom is -0.496 e. The lowest BCUT2D eigenvalue weighted by Crippen LogP contribution is -2.60. The second-order valence-corrected chi connectivity index (χ2v) is 19.4. The predicted octanol–water partition coefficient (Wildman–Crippen LogP) is 7.30. The molecule has 18 heteroatoms. The van der Waals surface area contributed by atoms with E-state index in [2.05, 4.69) is 20.3 Å². The summed E-state index contributed by atoms with van der Waals surface area (Å²) < 4.78 is 88.4. The normalized spacial score (nSPS) is 28.3. The third-order valence-corrected chi connectivity index (χ3v) is 14.9. The summed E-state index contributed by atoms with van der Waals surface area (Å²) in [4.78, 5) is 62.2. The molecule has 14 nitrogen and oxygen atoms in total. The first-order valence-electron chi connectivity index (χ1n) is 21.1. The first-order valence-corrected chi connectivity index (χ1v) is 22.6. The highest BCUT2D eigenvalue weighted by Crippen LogP contribution is 2.49. The number of nitrogens with zero attached hydrogens (tertiary/aromatic N) is 2. The number of pyridine rings is 1. The zero-order valence-corrected chi connectivity index (χ0v) is 37.2. The highest BCUT2D eigenvalue weighted by atomic mass is 32.2. The molecule has 3 N–H and O–H groups in total. The van der Waals surface area contributed by atoms with Gasteiger partial charge >= 0.3 is 6.09 Å². The fourth-order valence-corrected chi connectivity index (χ4v) is 9.84. The van der Waals surface area contributed by atoms with Crippen LogP contribution in [0.3, 0.4) is 0 Å². The van der Waals surface area contributed by atoms with Crippen LogP contribution in [0.15, 0.2) is 36.5 Å². The van der Waals surface area contributed by atoms with Crippen molar-refractivity contribution in [3.63, 3.8) is 0 Å². The van der Waals surface area contributed by atoms with E-state index in [1.54, 1.807) is 26.0 Å². The van der Waals surface area contributed by atoms with Crippen molar-refractivity contribution in [1.82, 2.24) is 25.2 Å². The molecular weight excluding hydrogens is 820 g/mol. The number of hydrogen-bond donors (Lipinski definition) is 3. The number of amides is 4. The number of halogens is 3. The van der Waals surface area contributed by atoms with Crippen molar-refractivity contribution in [2.24, 2.45) is 17.8 Å². The molecule has 3 heterocycles. The van der Waals surface area contributed by atoms with Crippen LogP contribution < -0.4 is 24.8 Å². The fraction of sp³-hybridized carbons (Fsp3) is 0.651. The summed E-state index contributed by atoms with van der Waals surface area (Å²) in [6.45, 7) is 11.9. The van der Waals surface area contributed by atoms with Gasteiger partial charge in [-0.1, -0.05) is 46.8 Å². The largest absolute Gasteiger partial charge is 0.496 e. The van der Waals surface area contributed by atoms with E-state index in [4.69, 9.17) is 14.2 Å². The number of sulfonamides is 1. The lowest BCUT2D eigenvalue weighted by Gasteiger charge is -2.35. The summed E-state index contributed by atoms with van der Waals surface area (Å²) in [5.74, 6) is -7.42. The molecule has 0 unspecified atom stereocenters. The van der Waals surface area contributed by atoms with Crippen LogP contribution >= 0.6 is 0 Å². The maximum atomic E-state index is 14.8. The predicted molar refractivity (Wildman–Crippen MR) is 228 cm³/mol.